The van der Waals surface area contributed by atoms with Gasteiger partial charge in [0.15, 0.2) is 0 Å². The van der Waals surface area contributed by atoms with E-state index in [1.807, 2.05) is 0 Å². The van der Waals surface area contributed by atoms with Crippen molar-refractivity contribution in [2.75, 3.05) is 18.4 Å². The van der Waals surface area contributed by atoms with Gasteiger partial charge in [-0.2, -0.15) is 4.31 Å². The van der Waals surface area contributed by atoms with E-state index in [1.165, 1.54) is 34.8 Å². The van der Waals surface area contributed by atoms with E-state index < -0.39 is 15.9 Å². The van der Waals surface area contributed by atoms with Gasteiger partial charge in [0.1, 0.15) is 16.4 Å². The molecule has 25 heavy (non-hydrogen) atoms. The average molecular weight is 365 g/mol. The van der Waals surface area contributed by atoms with Gasteiger partial charge in [0.25, 0.3) is 5.91 Å². The van der Waals surface area contributed by atoms with Crippen LogP contribution in [0.4, 0.5) is 10.1 Å². The average Bonchev–Trinajstić information content (AvgIpc) is 3.09. The smallest absolute Gasteiger partial charge is 0.272 e. The van der Waals surface area contributed by atoms with Gasteiger partial charge in [0, 0.05) is 25.0 Å². The molecule has 0 aliphatic carbocycles. The second kappa shape index (κ2) is 6.97. The van der Waals surface area contributed by atoms with Crippen LogP contribution in [0.25, 0.3) is 0 Å². The van der Waals surface area contributed by atoms with Crippen LogP contribution in [-0.2, 0) is 10.0 Å². The van der Waals surface area contributed by atoms with Crippen molar-refractivity contribution in [2.45, 2.75) is 31.1 Å². The van der Waals surface area contributed by atoms with Crippen molar-refractivity contribution in [3.63, 3.8) is 0 Å². The molecule has 2 heterocycles. The SMILES string of the molecule is Cc1cc(F)ccc1NC(=O)c1cc(S(=O)(=O)N2CCCCC2)c[nH]1. The summed E-state index contributed by atoms with van der Waals surface area (Å²) in [7, 11) is -3.59. The number of benzene rings is 1. The third kappa shape index (κ3) is 3.74. The van der Waals surface area contributed by atoms with Gasteiger partial charge in [-0.1, -0.05) is 6.42 Å². The molecule has 1 aliphatic rings. The van der Waals surface area contributed by atoms with E-state index in [9.17, 15) is 17.6 Å². The number of anilines is 1. The van der Waals surface area contributed by atoms with Gasteiger partial charge in [-0.05, 0) is 49.6 Å². The van der Waals surface area contributed by atoms with Crippen molar-refractivity contribution in [1.82, 2.24) is 9.29 Å². The number of aromatic amines is 1. The number of carbonyl (C=O) groups is 1. The van der Waals surface area contributed by atoms with Gasteiger partial charge in [0.2, 0.25) is 10.0 Å². The zero-order valence-corrected chi connectivity index (χ0v) is 14.7. The molecule has 0 bridgehead atoms. The molecule has 1 aromatic heterocycles. The van der Waals surface area contributed by atoms with Crippen LogP contribution in [0.2, 0.25) is 0 Å². The molecule has 0 unspecified atom stereocenters. The summed E-state index contributed by atoms with van der Waals surface area (Å²) in [6.45, 7) is 2.69. The van der Waals surface area contributed by atoms with E-state index >= 15 is 0 Å². The molecule has 0 atom stereocenters. The first kappa shape index (κ1) is 17.6. The molecule has 0 saturated carbocycles. The predicted molar refractivity (Wildman–Crippen MR) is 92.5 cm³/mol. The quantitative estimate of drug-likeness (QED) is 0.874. The Morgan fingerprint density at radius 3 is 2.60 bits per heavy atom. The summed E-state index contributed by atoms with van der Waals surface area (Å²) in [5.41, 5.74) is 1.20. The Hall–Kier alpha value is -2.19. The van der Waals surface area contributed by atoms with Crippen LogP contribution in [-0.4, -0.2) is 36.7 Å². The van der Waals surface area contributed by atoms with Gasteiger partial charge in [-0.15, -0.1) is 0 Å². The number of hydrogen-bond acceptors (Lipinski definition) is 3. The Labute approximate surface area is 146 Å². The maximum Gasteiger partial charge on any atom is 0.272 e. The third-order valence-corrected chi connectivity index (χ3v) is 6.17. The van der Waals surface area contributed by atoms with E-state index in [4.69, 9.17) is 0 Å². The van der Waals surface area contributed by atoms with E-state index in [0.717, 1.165) is 19.3 Å². The van der Waals surface area contributed by atoms with Crippen LogP contribution in [0, 0.1) is 12.7 Å². The third-order valence-electron chi connectivity index (χ3n) is 4.29. The topological polar surface area (TPSA) is 82.3 Å². The molecule has 8 heteroatoms. The number of nitrogens with zero attached hydrogens (tertiary/aromatic N) is 1. The minimum absolute atomic E-state index is 0.0791. The van der Waals surface area contributed by atoms with Crippen LogP contribution in [0.5, 0.6) is 0 Å². The number of hydrogen-bond donors (Lipinski definition) is 2. The fourth-order valence-corrected chi connectivity index (χ4v) is 4.38. The summed E-state index contributed by atoms with van der Waals surface area (Å²) in [5, 5.41) is 2.65. The van der Waals surface area contributed by atoms with Crippen molar-refractivity contribution in [2.24, 2.45) is 0 Å². The number of carbonyl (C=O) groups excluding carboxylic acids is 1. The molecular weight excluding hydrogens is 345 g/mol. The number of aromatic nitrogens is 1. The van der Waals surface area contributed by atoms with E-state index in [-0.39, 0.29) is 16.4 Å². The lowest BCUT2D eigenvalue weighted by Gasteiger charge is -2.25. The molecule has 6 nitrogen and oxygen atoms in total. The Morgan fingerprint density at radius 1 is 1.20 bits per heavy atom. The minimum Gasteiger partial charge on any atom is -0.356 e. The highest BCUT2D eigenvalue weighted by atomic mass is 32.2. The number of amides is 1. The Bertz CT molecular complexity index is 886. The summed E-state index contributed by atoms with van der Waals surface area (Å²) in [6.07, 6.45) is 4.06. The highest BCUT2D eigenvalue weighted by Gasteiger charge is 2.27. The first-order valence-corrected chi connectivity index (χ1v) is 9.58. The van der Waals surface area contributed by atoms with Gasteiger partial charge in [-0.25, -0.2) is 12.8 Å². The molecule has 1 amide bonds. The largest absolute Gasteiger partial charge is 0.356 e. The van der Waals surface area contributed by atoms with Gasteiger partial charge in [0.05, 0.1) is 0 Å². The number of sulfonamides is 1. The molecule has 3 rings (SSSR count). The van der Waals surface area contributed by atoms with Crippen LogP contribution >= 0.6 is 0 Å². The van der Waals surface area contributed by atoms with Crippen molar-refractivity contribution in [1.29, 1.82) is 0 Å². The Morgan fingerprint density at radius 2 is 1.92 bits per heavy atom. The van der Waals surface area contributed by atoms with E-state index in [1.54, 1.807) is 6.92 Å². The second-order valence-electron chi connectivity index (χ2n) is 6.13. The van der Waals surface area contributed by atoms with Crippen molar-refractivity contribution in [3.8, 4) is 0 Å². The molecule has 0 radical (unpaired) electrons. The van der Waals surface area contributed by atoms with Crippen LogP contribution in [0.15, 0.2) is 35.4 Å². The number of H-pyrrole nitrogens is 1. The summed E-state index contributed by atoms with van der Waals surface area (Å²) in [6, 6.07) is 5.37. The Kier molecular flexibility index (Phi) is 4.91. The summed E-state index contributed by atoms with van der Waals surface area (Å²) in [4.78, 5) is 15.1. The summed E-state index contributed by atoms with van der Waals surface area (Å²) < 4.78 is 39.8. The monoisotopic (exact) mass is 365 g/mol. The molecule has 134 valence electrons. The normalized spacial score (nSPS) is 15.9. The van der Waals surface area contributed by atoms with Crippen molar-refractivity contribution >= 4 is 21.6 Å². The number of aryl methyl sites for hydroxylation is 1. The highest BCUT2D eigenvalue weighted by molar-refractivity contribution is 7.89. The first-order valence-electron chi connectivity index (χ1n) is 8.14. The van der Waals surface area contributed by atoms with E-state index in [0.29, 0.717) is 24.3 Å². The number of piperidine rings is 1. The van der Waals surface area contributed by atoms with Gasteiger partial charge < -0.3 is 10.3 Å². The molecule has 0 spiro atoms. The van der Waals surface area contributed by atoms with Gasteiger partial charge in [-0.3, -0.25) is 4.79 Å². The lowest BCUT2D eigenvalue weighted by Crippen LogP contribution is -2.35. The molecule has 1 fully saturated rings. The summed E-state index contributed by atoms with van der Waals surface area (Å²) >= 11 is 0. The fraction of sp³-hybridized carbons (Fsp3) is 0.353. The van der Waals surface area contributed by atoms with E-state index in [2.05, 4.69) is 10.3 Å². The number of nitrogens with one attached hydrogen (secondary N) is 2. The van der Waals surface area contributed by atoms with Crippen molar-refractivity contribution < 1.29 is 17.6 Å². The van der Waals surface area contributed by atoms with Gasteiger partial charge >= 0.3 is 0 Å². The second-order valence-corrected chi connectivity index (χ2v) is 8.07. The number of rotatable bonds is 4. The zero-order valence-electron chi connectivity index (χ0n) is 13.9. The predicted octanol–water partition coefficient (Wildman–Crippen LogP) is 2.89. The zero-order chi connectivity index (χ0) is 18.0. The standard InChI is InChI=1S/C17H20FN3O3S/c1-12-9-13(18)5-6-15(12)20-17(22)16-10-14(11-19-16)25(23,24)21-7-3-2-4-8-21/h5-6,9-11,19H,2-4,7-8H2,1H3,(H,20,22). The molecule has 1 saturated heterocycles. The maximum absolute atomic E-state index is 13.1. The molecule has 1 aliphatic heterocycles. The van der Waals surface area contributed by atoms with Crippen LogP contribution in [0.3, 0.4) is 0 Å². The summed E-state index contributed by atoms with van der Waals surface area (Å²) in [5.74, 6) is -0.861. The molecular formula is C17H20FN3O3S. The Balaban J connectivity index is 1.77. The lowest BCUT2D eigenvalue weighted by atomic mass is 10.2. The first-order chi connectivity index (χ1) is 11.9. The maximum atomic E-state index is 13.1. The van der Waals surface area contributed by atoms with Crippen LogP contribution < -0.4 is 5.32 Å². The fourth-order valence-electron chi connectivity index (χ4n) is 2.87. The number of halogens is 1. The molecule has 1 aromatic carbocycles. The molecule has 2 N–H and O–H groups in total. The minimum atomic E-state index is -3.59. The lowest BCUT2D eigenvalue weighted by molar-refractivity contribution is 0.102. The van der Waals surface area contributed by atoms with Crippen LogP contribution in [0.1, 0.15) is 35.3 Å². The highest BCUT2D eigenvalue weighted by Crippen LogP contribution is 2.22. The van der Waals surface area contributed by atoms with Crippen molar-refractivity contribution in [3.05, 3.63) is 47.5 Å². The molecule has 2 aromatic rings.